The molecule has 3 N–H and O–H groups in total. The van der Waals surface area contributed by atoms with Crippen LogP contribution in [0, 0.1) is 0 Å². The average molecular weight is 423 g/mol. The molecule has 2 aromatic rings. The number of rotatable bonds is 4. The van der Waals surface area contributed by atoms with Gasteiger partial charge in [-0.15, -0.1) is 0 Å². The van der Waals surface area contributed by atoms with E-state index in [9.17, 15) is 18.0 Å². The number of aliphatic imine (C=N–C) groups is 1. The molecule has 1 aliphatic heterocycles. The zero-order valence-electron chi connectivity index (χ0n) is 15.8. The summed E-state index contributed by atoms with van der Waals surface area (Å²) in [5.74, 6) is -0.161. The van der Waals surface area contributed by atoms with Crippen LogP contribution in [0.5, 0.6) is 5.75 Å². The minimum absolute atomic E-state index is 0.119. The lowest BCUT2D eigenvalue weighted by Crippen LogP contribution is -2.28. The van der Waals surface area contributed by atoms with Crippen molar-refractivity contribution in [1.82, 2.24) is 0 Å². The maximum absolute atomic E-state index is 13.2. The van der Waals surface area contributed by atoms with E-state index < -0.39 is 23.2 Å². The monoisotopic (exact) mass is 423 g/mol. The molecule has 1 unspecified atom stereocenters. The predicted octanol–water partition coefficient (Wildman–Crippen LogP) is 4.63. The molecule has 0 aromatic heterocycles. The molecule has 5 nitrogen and oxygen atoms in total. The van der Waals surface area contributed by atoms with E-state index in [-0.39, 0.29) is 11.3 Å². The van der Waals surface area contributed by atoms with Gasteiger partial charge in [0, 0.05) is 17.0 Å². The van der Waals surface area contributed by atoms with Gasteiger partial charge in [-0.3, -0.25) is 9.79 Å². The van der Waals surface area contributed by atoms with E-state index in [1.165, 1.54) is 17.8 Å². The highest BCUT2D eigenvalue weighted by Crippen LogP contribution is 2.37. The molecule has 0 spiro atoms. The zero-order chi connectivity index (χ0) is 21.2. The molecule has 0 fully saturated rings. The molecule has 29 heavy (non-hydrogen) atoms. The summed E-state index contributed by atoms with van der Waals surface area (Å²) in [6.07, 6.45) is -3.85. The van der Waals surface area contributed by atoms with Crippen molar-refractivity contribution in [2.24, 2.45) is 10.7 Å². The van der Waals surface area contributed by atoms with Crippen molar-refractivity contribution >= 4 is 28.5 Å². The van der Waals surface area contributed by atoms with Gasteiger partial charge in [0.05, 0.1) is 18.2 Å². The third-order valence-corrected chi connectivity index (χ3v) is 5.50. The molecule has 1 atom stereocenters. The summed E-state index contributed by atoms with van der Waals surface area (Å²) in [6.45, 7) is 1.96. The van der Waals surface area contributed by atoms with Gasteiger partial charge in [-0.25, -0.2) is 0 Å². The summed E-state index contributed by atoms with van der Waals surface area (Å²) >= 11 is 1.49. The van der Waals surface area contributed by atoms with Gasteiger partial charge in [-0.2, -0.15) is 13.2 Å². The fraction of sp³-hybridized carbons (Fsp3) is 0.300. The number of hydrogen-bond acceptors (Lipinski definition) is 5. The number of hydrogen-bond donors (Lipinski definition) is 2. The summed E-state index contributed by atoms with van der Waals surface area (Å²) < 4.78 is 44.4. The minimum atomic E-state index is -4.63. The van der Waals surface area contributed by atoms with Crippen molar-refractivity contribution in [2.45, 2.75) is 25.1 Å². The van der Waals surface area contributed by atoms with Crippen LogP contribution in [0.4, 0.5) is 18.9 Å². The largest absolute Gasteiger partial charge is 0.496 e. The third-order valence-electron chi connectivity index (χ3n) is 4.71. The highest BCUT2D eigenvalue weighted by Gasteiger charge is 2.35. The topological polar surface area (TPSA) is 76.7 Å². The lowest BCUT2D eigenvalue weighted by atomic mass is 9.89. The number of nitrogens with one attached hydrogen (secondary N) is 1. The van der Waals surface area contributed by atoms with Gasteiger partial charge < -0.3 is 15.8 Å². The lowest BCUT2D eigenvalue weighted by molar-refractivity contribution is -0.138. The number of anilines is 1. The number of ether oxygens (including phenoxy) is 1. The van der Waals surface area contributed by atoms with Gasteiger partial charge in [0.2, 0.25) is 0 Å². The Morgan fingerprint density at radius 2 is 2.03 bits per heavy atom. The molecule has 154 valence electrons. The lowest BCUT2D eigenvalue weighted by Gasteiger charge is -2.30. The quantitative estimate of drug-likeness (QED) is 0.752. The van der Waals surface area contributed by atoms with Crippen molar-refractivity contribution in [3.05, 3.63) is 59.2 Å². The number of nitrogens with two attached hydrogens (primary N) is 1. The molecule has 2 aromatic carbocycles. The Kier molecular flexibility index (Phi) is 5.79. The Morgan fingerprint density at radius 3 is 2.69 bits per heavy atom. The van der Waals surface area contributed by atoms with Gasteiger partial charge in [0.15, 0.2) is 5.17 Å². The smallest absolute Gasteiger partial charge is 0.419 e. The number of amidine groups is 1. The summed E-state index contributed by atoms with van der Waals surface area (Å²) in [6, 6.07) is 10.3. The van der Waals surface area contributed by atoms with Gasteiger partial charge in [0.25, 0.3) is 5.91 Å². The van der Waals surface area contributed by atoms with Gasteiger partial charge in [0.1, 0.15) is 5.75 Å². The average Bonchev–Trinajstić information content (AvgIpc) is 2.67. The third kappa shape index (κ3) is 4.67. The first-order valence-electron chi connectivity index (χ1n) is 8.78. The van der Waals surface area contributed by atoms with Crippen LogP contribution in [-0.2, 0) is 11.7 Å². The molecule has 0 aliphatic carbocycles. The molecule has 0 radical (unpaired) electrons. The van der Waals surface area contributed by atoms with Crippen molar-refractivity contribution in [1.29, 1.82) is 0 Å². The van der Waals surface area contributed by atoms with E-state index >= 15 is 0 Å². The summed E-state index contributed by atoms with van der Waals surface area (Å²) in [5, 5.41) is 3.16. The van der Waals surface area contributed by atoms with Crippen LogP contribution >= 0.6 is 11.8 Å². The van der Waals surface area contributed by atoms with E-state index in [0.29, 0.717) is 10.9 Å². The van der Waals surface area contributed by atoms with Crippen molar-refractivity contribution < 1.29 is 22.7 Å². The molecule has 0 saturated carbocycles. The number of carbonyl (C=O) groups excluding carboxylic acids is 1. The number of alkyl halides is 3. The first kappa shape index (κ1) is 21.0. The van der Waals surface area contributed by atoms with Crippen LogP contribution < -0.4 is 15.8 Å². The highest BCUT2D eigenvalue weighted by atomic mass is 32.2. The second kappa shape index (κ2) is 7.98. The first-order valence-corrected chi connectivity index (χ1v) is 9.76. The van der Waals surface area contributed by atoms with E-state index in [2.05, 4.69) is 10.3 Å². The second-order valence-electron chi connectivity index (χ2n) is 6.77. The Balaban J connectivity index is 1.86. The van der Waals surface area contributed by atoms with Gasteiger partial charge >= 0.3 is 6.18 Å². The van der Waals surface area contributed by atoms with Crippen LogP contribution in [0.1, 0.15) is 34.8 Å². The molecular formula is C20H20F3N3O2S. The molecule has 0 saturated heterocycles. The Hall–Kier alpha value is -2.68. The summed E-state index contributed by atoms with van der Waals surface area (Å²) in [5.41, 5.74) is 5.55. The standard InChI is InChI=1S/C20H20F3N3O2S/c1-19(8-9-29-18(24)26-19)13-4-3-5-14(11-13)25-17(27)12-6-7-16(28-2)15(10-12)20(21,22)23/h3-7,10-11H,8-9H2,1-2H3,(H2,24,26)(H,25,27). The number of amides is 1. The molecular weight excluding hydrogens is 403 g/mol. The van der Waals surface area contributed by atoms with E-state index in [1.807, 2.05) is 13.0 Å². The SMILES string of the molecule is COc1ccc(C(=O)Nc2cccc(C3(C)CCSC(N)=N3)c2)cc1C(F)(F)F. The van der Waals surface area contributed by atoms with Crippen molar-refractivity contribution in [2.75, 3.05) is 18.2 Å². The van der Waals surface area contributed by atoms with Crippen LogP contribution in [0.15, 0.2) is 47.5 Å². The maximum atomic E-state index is 13.2. The fourth-order valence-corrected chi connectivity index (χ4v) is 4.08. The Bertz CT molecular complexity index is 962. The van der Waals surface area contributed by atoms with E-state index in [1.54, 1.807) is 18.2 Å². The predicted molar refractivity (Wildman–Crippen MR) is 108 cm³/mol. The van der Waals surface area contributed by atoms with Crippen LogP contribution in [0.25, 0.3) is 0 Å². The maximum Gasteiger partial charge on any atom is 0.419 e. The van der Waals surface area contributed by atoms with E-state index in [0.717, 1.165) is 37.0 Å². The number of methoxy groups -OCH3 is 1. The number of carbonyl (C=O) groups is 1. The summed E-state index contributed by atoms with van der Waals surface area (Å²) in [4.78, 5) is 17.1. The minimum Gasteiger partial charge on any atom is -0.496 e. The molecule has 3 rings (SSSR count). The molecule has 1 aliphatic rings. The fourth-order valence-electron chi connectivity index (χ4n) is 3.10. The van der Waals surface area contributed by atoms with Gasteiger partial charge in [-0.05, 0) is 49.2 Å². The van der Waals surface area contributed by atoms with Crippen LogP contribution in [-0.4, -0.2) is 23.9 Å². The van der Waals surface area contributed by atoms with Crippen molar-refractivity contribution in [3.8, 4) is 5.75 Å². The van der Waals surface area contributed by atoms with Crippen LogP contribution in [0.2, 0.25) is 0 Å². The zero-order valence-corrected chi connectivity index (χ0v) is 16.7. The molecule has 9 heteroatoms. The number of benzene rings is 2. The van der Waals surface area contributed by atoms with Gasteiger partial charge in [-0.1, -0.05) is 23.9 Å². The number of thioether (sulfide) groups is 1. The Morgan fingerprint density at radius 1 is 1.28 bits per heavy atom. The van der Waals surface area contributed by atoms with Crippen molar-refractivity contribution in [3.63, 3.8) is 0 Å². The number of nitrogens with zero attached hydrogens (tertiary/aromatic N) is 1. The van der Waals surface area contributed by atoms with Crippen LogP contribution in [0.3, 0.4) is 0 Å². The highest BCUT2D eigenvalue weighted by molar-refractivity contribution is 8.13. The number of halogens is 3. The molecule has 1 heterocycles. The molecule has 0 bridgehead atoms. The normalized spacial score (nSPS) is 19.4. The first-order chi connectivity index (χ1) is 13.6. The van der Waals surface area contributed by atoms with E-state index in [4.69, 9.17) is 10.5 Å². The Labute approximate surface area is 170 Å². The second-order valence-corrected chi connectivity index (χ2v) is 7.89. The molecule has 1 amide bonds. The summed E-state index contributed by atoms with van der Waals surface area (Å²) in [7, 11) is 1.15.